The molecule has 49 heavy (non-hydrogen) atoms. The Morgan fingerprint density at radius 1 is 0.551 bits per heavy atom. The van der Waals surface area contributed by atoms with Crippen LogP contribution in [0.1, 0.15) is 27.0 Å². The van der Waals surface area contributed by atoms with Crippen molar-refractivity contribution in [3.05, 3.63) is 160 Å². The predicted octanol–water partition coefficient (Wildman–Crippen LogP) is 7.47. The summed E-state index contributed by atoms with van der Waals surface area (Å²) in [5.74, 6) is -0.964. The summed E-state index contributed by atoms with van der Waals surface area (Å²) in [7, 11) is 0. The van der Waals surface area contributed by atoms with Gasteiger partial charge in [-0.05, 0) is 42.5 Å². The average molecular weight is 664 g/mol. The first-order valence-corrected chi connectivity index (χ1v) is 14.0. The lowest BCUT2D eigenvalue weighted by Gasteiger charge is -2.36. The van der Waals surface area contributed by atoms with Gasteiger partial charge in [-0.25, -0.2) is 4.79 Å². The van der Waals surface area contributed by atoms with Crippen LogP contribution in [0, 0.1) is 40.5 Å². The van der Waals surface area contributed by atoms with E-state index in [1.54, 1.807) is 36.4 Å². The fourth-order valence-electron chi connectivity index (χ4n) is 5.71. The fraction of sp³-hybridized carbons (Fsp3) is 0.0312. The number of carbonyl (C=O) groups excluding carboxylic acids is 1. The van der Waals surface area contributed by atoms with Gasteiger partial charge in [-0.1, -0.05) is 18.2 Å². The maximum Gasteiger partial charge on any atom is 0.340 e. The van der Waals surface area contributed by atoms with Crippen molar-refractivity contribution in [2.24, 2.45) is 0 Å². The van der Waals surface area contributed by atoms with E-state index in [4.69, 9.17) is 18.9 Å². The molecule has 0 aliphatic carbocycles. The standard InChI is InChI=1S/C32H16N4O13/c37-31-21-3-1-2-4-22(21)32(49-31)23-9-7-19(46-27-11-5-17(33(38)39)13-25(27)35(42)43)15-29(23)48-30-16-20(8-10-24(30)32)47-28-12-6-18(34(40)41)14-26(28)36(44)45/h1-16H. The Hall–Kier alpha value is -7.43. The number of rotatable bonds is 8. The molecule has 0 saturated heterocycles. The third-order valence-electron chi connectivity index (χ3n) is 7.81. The van der Waals surface area contributed by atoms with Crippen molar-refractivity contribution >= 4 is 28.7 Å². The molecular formula is C32H16N4O13. The maximum atomic E-state index is 13.2. The zero-order valence-electron chi connectivity index (χ0n) is 24.3. The van der Waals surface area contributed by atoms with Crippen LogP contribution in [0.4, 0.5) is 22.7 Å². The highest BCUT2D eigenvalue weighted by molar-refractivity contribution is 5.97. The first-order valence-electron chi connectivity index (χ1n) is 14.0. The second kappa shape index (κ2) is 11.1. The number of ether oxygens (including phenoxy) is 4. The second-order valence-corrected chi connectivity index (χ2v) is 10.6. The molecular weight excluding hydrogens is 648 g/mol. The molecule has 5 aromatic rings. The first-order chi connectivity index (χ1) is 23.5. The Kier molecular flexibility index (Phi) is 6.86. The second-order valence-electron chi connectivity index (χ2n) is 10.6. The van der Waals surface area contributed by atoms with Crippen molar-refractivity contribution in [1.82, 2.24) is 0 Å². The van der Waals surface area contributed by atoms with E-state index in [9.17, 15) is 45.3 Å². The number of non-ortho nitro benzene ring substituents is 2. The summed E-state index contributed by atoms with van der Waals surface area (Å²) in [6.45, 7) is 0. The Labute approximate surface area is 272 Å². The summed E-state index contributed by atoms with van der Waals surface area (Å²) in [6.07, 6.45) is 0. The van der Waals surface area contributed by atoms with Crippen LogP contribution in [0.5, 0.6) is 34.5 Å². The van der Waals surface area contributed by atoms with Gasteiger partial charge in [0.25, 0.3) is 11.4 Å². The van der Waals surface area contributed by atoms with Crippen LogP contribution in [0.25, 0.3) is 0 Å². The van der Waals surface area contributed by atoms with Gasteiger partial charge in [-0.15, -0.1) is 0 Å². The lowest BCUT2D eigenvalue weighted by molar-refractivity contribution is -0.394. The number of nitrogens with zero attached hydrogens (tertiary/aromatic N) is 4. The van der Waals surface area contributed by atoms with Crippen LogP contribution in [-0.4, -0.2) is 25.7 Å². The molecule has 0 radical (unpaired) electrons. The normalized spacial score (nSPS) is 13.3. The Bertz CT molecular complexity index is 2180. The Morgan fingerprint density at radius 2 is 1.04 bits per heavy atom. The minimum Gasteiger partial charge on any atom is -0.456 e. The van der Waals surface area contributed by atoms with Crippen LogP contribution < -0.4 is 14.2 Å². The van der Waals surface area contributed by atoms with E-state index in [0.29, 0.717) is 16.7 Å². The monoisotopic (exact) mass is 664 g/mol. The Balaban J connectivity index is 1.33. The molecule has 0 N–H and O–H groups in total. The van der Waals surface area contributed by atoms with Crippen LogP contribution in [0.3, 0.4) is 0 Å². The number of fused-ring (bicyclic) bond motifs is 6. The maximum absolute atomic E-state index is 13.2. The van der Waals surface area contributed by atoms with Gasteiger partial charge in [-0.3, -0.25) is 40.5 Å². The van der Waals surface area contributed by atoms with Crippen molar-refractivity contribution in [3.8, 4) is 34.5 Å². The van der Waals surface area contributed by atoms with Crippen molar-refractivity contribution in [3.63, 3.8) is 0 Å². The topological polar surface area (TPSA) is 227 Å². The summed E-state index contributed by atoms with van der Waals surface area (Å²) in [6, 6.07) is 21.3. The SMILES string of the molecule is O=C1OC2(c3ccc(Oc4ccc([N+](=O)[O-])cc4[N+](=O)[O-])cc3Oc3cc(Oc4ccc([N+](=O)[O-])cc4[N+](=O)[O-])ccc32)c2ccccc21. The molecule has 0 atom stereocenters. The molecule has 0 saturated carbocycles. The van der Waals surface area contributed by atoms with Crippen LogP contribution in [-0.2, 0) is 10.3 Å². The van der Waals surface area contributed by atoms with Gasteiger partial charge >= 0.3 is 17.3 Å². The van der Waals surface area contributed by atoms with Gasteiger partial charge in [0.05, 0.1) is 37.4 Å². The van der Waals surface area contributed by atoms with E-state index in [-0.39, 0.29) is 40.1 Å². The molecule has 1 spiro atoms. The summed E-state index contributed by atoms with van der Waals surface area (Å²) in [5.41, 5.74) is -2.39. The van der Waals surface area contributed by atoms with E-state index in [2.05, 4.69) is 0 Å². The number of benzene rings is 5. The van der Waals surface area contributed by atoms with Gasteiger partial charge in [0, 0.05) is 41.0 Å². The first kappa shape index (κ1) is 30.2. The highest BCUT2D eigenvalue weighted by Gasteiger charge is 2.53. The van der Waals surface area contributed by atoms with Gasteiger partial charge in [0.1, 0.15) is 23.0 Å². The molecule has 17 nitrogen and oxygen atoms in total. The smallest absolute Gasteiger partial charge is 0.340 e. The molecule has 2 heterocycles. The molecule has 17 heteroatoms. The quantitative estimate of drug-likeness (QED) is 0.0891. The minimum atomic E-state index is -1.55. The third-order valence-corrected chi connectivity index (χ3v) is 7.81. The van der Waals surface area contributed by atoms with Crippen molar-refractivity contribution in [2.75, 3.05) is 0 Å². The molecule has 242 valence electrons. The third kappa shape index (κ3) is 4.94. The van der Waals surface area contributed by atoms with E-state index in [1.807, 2.05) is 0 Å². The van der Waals surface area contributed by atoms with Gasteiger partial charge in [0.15, 0.2) is 5.60 Å². The van der Waals surface area contributed by atoms with Crippen LogP contribution in [0.2, 0.25) is 0 Å². The van der Waals surface area contributed by atoms with Crippen molar-refractivity contribution < 1.29 is 43.4 Å². The summed E-state index contributed by atoms with van der Waals surface area (Å²) in [5, 5.41) is 45.7. The molecule has 5 aromatic carbocycles. The lowest BCUT2D eigenvalue weighted by Crippen LogP contribution is -2.33. The van der Waals surface area contributed by atoms with Crippen LogP contribution >= 0.6 is 0 Å². The number of hydrogen-bond acceptors (Lipinski definition) is 13. The van der Waals surface area contributed by atoms with Gasteiger partial charge < -0.3 is 18.9 Å². The highest BCUT2D eigenvalue weighted by Crippen LogP contribution is 2.57. The van der Waals surface area contributed by atoms with Gasteiger partial charge in [-0.2, -0.15) is 0 Å². The molecule has 2 aliphatic rings. The molecule has 2 aliphatic heterocycles. The number of esters is 1. The zero-order chi connectivity index (χ0) is 34.6. The molecule has 7 rings (SSSR count). The van der Waals surface area contributed by atoms with E-state index >= 15 is 0 Å². The molecule has 0 amide bonds. The van der Waals surface area contributed by atoms with E-state index < -0.39 is 54.0 Å². The highest BCUT2D eigenvalue weighted by atomic mass is 16.6. The molecule has 0 unspecified atom stereocenters. The molecule has 0 aromatic heterocycles. The van der Waals surface area contributed by atoms with E-state index in [0.717, 1.165) is 36.4 Å². The fourth-order valence-corrected chi connectivity index (χ4v) is 5.71. The van der Waals surface area contributed by atoms with Crippen LogP contribution in [0.15, 0.2) is 97.1 Å². The predicted molar refractivity (Wildman–Crippen MR) is 164 cm³/mol. The molecule has 0 bridgehead atoms. The Morgan fingerprint density at radius 3 is 1.51 bits per heavy atom. The average Bonchev–Trinajstić information content (AvgIpc) is 3.36. The van der Waals surface area contributed by atoms with Crippen molar-refractivity contribution in [1.29, 1.82) is 0 Å². The number of nitro benzene ring substituents is 4. The molecule has 0 fully saturated rings. The van der Waals surface area contributed by atoms with Crippen molar-refractivity contribution in [2.45, 2.75) is 5.60 Å². The number of hydrogen-bond donors (Lipinski definition) is 0. The summed E-state index contributed by atoms with van der Waals surface area (Å²) in [4.78, 5) is 55.7. The number of carbonyl (C=O) groups is 1. The summed E-state index contributed by atoms with van der Waals surface area (Å²) >= 11 is 0. The lowest BCUT2D eigenvalue weighted by atomic mass is 9.77. The van der Waals surface area contributed by atoms with Gasteiger partial charge in [0.2, 0.25) is 11.5 Å². The zero-order valence-corrected chi connectivity index (χ0v) is 24.3. The largest absolute Gasteiger partial charge is 0.456 e. The van der Waals surface area contributed by atoms with E-state index in [1.165, 1.54) is 24.3 Å². The summed E-state index contributed by atoms with van der Waals surface area (Å²) < 4.78 is 23.9. The number of nitro groups is 4. The minimum absolute atomic E-state index is 0.0285.